The van der Waals surface area contributed by atoms with Gasteiger partial charge in [-0.3, -0.25) is 9.48 Å². The van der Waals surface area contributed by atoms with Crippen LogP contribution in [-0.4, -0.2) is 32.1 Å². The Kier molecular flexibility index (Phi) is 4.25. The maximum Gasteiger partial charge on any atom is 0.272 e. The van der Waals surface area contributed by atoms with E-state index in [9.17, 15) is 13.6 Å². The average Bonchev–Trinajstić information content (AvgIpc) is 3.22. The molecule has 8 heteroatoms. The molecular formula is C19H18F2N4O2. The number of benzene rings is 1. The van der Waals surface area contributed by atoms with Crippen molar-refractivity contribution in [2.75, 3.05) is 6.54 Å². The maximum absolute atomic E-state index is 13.5. The first-order valence-corrected chi connectivity index (χ1v) is 8.73. The van der Waals surface area contributed by atoms with Crippen LogP contribution in [-0.2, 0) is 19.5 Å². The summed E-state index contributed by atoms with van der Waals surface area (Å²) in [5.74, 6) is -0.715. The fourth-order valence-corrected chi connectivity index (χ4v) is 3.29. The summed E-state index contributed by atoms with van der Waals surface area (Å²) in [5, 5.41) is 4.31. The van der Waals surface area contributed by atoms with Crippen molar-refractivity contribution in [3.63, 3.8) is 0 Å². The number of amides is 1. The van der Waals surface area contributed by atoms with Gasteiger partial charge in [-0.1, -0.05) is 0 Å². The van der Waals surface area contributed by atoms with Crippen molar-refractivity contribution in [2.24, 2.45) is 0 Å². The van der Waals surface area contributed by atoms with E-state index in [-0.39, 0.29) is 23.9 Å². The molecule has 2 aromatic heterocycles. The summed E-state index contributed by atoms with van der Waals surface area (Å²) in [6.45, 7) is 5.14. The number of carbonyl (C=O) groups is 1. The Balaban J connectivity index is 1.60. The summed E-state index contributed by atoms with van der Waals surface area (Å²) in [5.41, 5.74) is 2.16. The van der Waals surface area contributed by atoms with Crippen molar-refractivity contribution in [1.82, 2.24) is 19.7 Å². The van der Waals surface area contributed by atoms with Gasteiger partial charge >= 0.3 is 0 Å². The Labute approximate surface area is 154 Å². The van der Waals surface area contributed by atoms with E-state index in [1.807, 2.05) is 13.8 Å². The Morgan fingerprint density at radius 1 is 1.22 bits per heavy atom. The summed E-state index contributed by atoms with van der Waals surface area (Å²) in [6.07, 6.45) is 0.491. The highest BCUT2D eigenvalue weighted by atomic mass is 19.1. The number of hydrogen-bond donors (Lipinski definition) is 0. The second-order valence-electron chi connectivity index (χ2n) is 6.51. The van der Waals surface area contributed by atoms with E-state index in [2.05, 4.69) is 10.1 Å². The van der Waals surface area contributed by atoms with Gasteiger partial charge in [0.2, 0.25) is 5.89 Å². The van der Waals surface area contributed by atoms with Crippen molar-refractivity contribution in [3.8, 4) is 11.5 Å². The molecule has 0 saturated carbocycles. The minimum absolute atomic E-state index is 0.121. The van der Waals surface area contributed by atoms with Crippen molar-refractivity contribution < 1.29 is 18.0 Å². The van der Waals surface area contributed by atoms with Crippen LogP contribution < -0.4 is 0 Å². The molecule has 3 aromatic rings. The van der Waals surface area contributed by atoms with Gasteiger partial charge in [0, 0.05) is 31.1 Å². The van der Waals surface area contributed by atoms with Crippen molar-refractivity contribution >= 4 is 5.91 Å². The van der Waals surface area contributed by atoms with Crippen LogP contribution in [0.2, 0.25) is 0 Å². The third-order valence-corrected chi connectivity index (χ3v) is 4.55. The van der Waals surface area contributed by atoms with Gasteiger partial charge in [0.05, 0.1) is 12.2 Å². The van der Waals surface area contributed by atoms with E-state index >= 15 is 0 Å². The lowest BCUT2D eigenvalue weighted by atomic mass is 10.1. The summed E-state index contributed by atoms with van der Waals surface area (Å²) in [6, 6.07) is 4.91. The monoisotopic (exact) mass is 372 g/mol. The number of aromatic nitrogens is 3. The topological polar surface area (TPSA) is 64.2 Å². The molecule has 3 heterocycles. The fraction of sp³-hybridized carbons (Fsp3) is 0.316. The molecule has 0 bridgehead atoms. The molecule has 0 fully saturated rings. The fourth-order valence-electron chi connectivity index (χ4n) is 3.29. The smallest absolute Gasteiger partial charge is 0.272 e. The standard InChI is InChI=1S/C19H18F2N4O2/c1-3-25-16(6-11(2)23-25)19(26)24-5-4-17-15(10-24)22-18(27-17)12-7-13(20)9-14(21)8-12/h6-9H,3-5,10H2,1-2H3. The zero-order valence-electron chi connectivity index (χ0n) is 15.0. The van der Waals surface area contributed by atoms with Crippen molar-refractivity contribution in [1.29, 1.82) is 0 Å². The molecule has 0 radical (unpaired) electrons. The molecule has 140 valence electrons. The Morgan fingerprint density at radius 2 is 1.96 bits per heavy atom. The summed E-state index contributed by atoms with van der Waals surface area (Å²) >= 11 is 0. The Morgan fingerprint density at radius 3 is 2.67 bits per heavy atom. The van der Waals surface area contributed by atoms with Gasteiger partial charge < -0.3 is 9.32 Å². The predicted molar refractivity (Wildman–Crippen MR) is 92.9 cm³/mol. The normalized spacial score (nSPS) is 13.7. The number of halogens is 2. The number of carbonyl (C=O) groups excluding carboxylic acids is 1. The first kappa shape index (κ1) is 17.4. The summed E-state index contributed by atoms with van der Waals surface area (Å²) in [7, 11) is 0. The second-order valence-corrected chi connectivity index (χ2v) is 6.51. The summed E-state index contributed by atoms with van der Waals surface area (Å²) in [4.78, 5) is 18.9. The lowest BCUT2D eigenvalue weighted by Crippen LogP contribution is -2.37. The number of hydrogen-bond acceptors (Lipinski definition) is 4. The van der Waals surface area contributed by atoms with E-state index in [1.54, 1.807) is 15.6 Å². The quantitative estimate of drug-likeness (QED) is 0.707. The van der Waals surface area contributed by atoms with Gasteiger partial charge in [-0.2, -0.15) is 5.10 Å². The van der Waals surface area contributed by atoms with Gasteiger partial charge in [0.15, 0.2) is 0 Å². The van der Waals surface area contributed by atoms with Crippen LogP contribution in [0.5, 0.6) is 0 Å². The number of rotatable bonds is 3. The van der Waals surface area contributed by atoms with Crippen LogP contribution in [0.25, 0.3) is 11.5 Å². The van der Waals surface area contributed by atoms with Crippen LogP contribution in [0.3, 0.4) is 0 Å². The molecular weight excluding hydrogens is 354 g/mol. The van der Waals surface area contributed by atoms with Gasteiger partial charge in [0.25, 0.3) is 5.91 Å². The first-order valence-electron chi connectivity index (χ1n) is 8.73. The highest BCUT2D eigenvalue weighted by molar-refractivity contribution is 5.92. The Hall–Kier alpha value is -3.03. The molecule has 1 aromatic carbocycles. The van der Waals surface area contributed by atoms with E-state index in [0.717, 1.165) is 11.8 Å². The van der Waals surface area contributed by atoms with Crippen LogP contribution in [0, 0.1) is 18.6 Å². The average molecular weight is 372 g/mol. The maximum atomic E-state index is 13.5. The van der Waals surface area contributed by atoms with E-state index in [1.165, 1.54) is 12.1 Å². The molecule has 1 aliphatic heterocycles. The number of aryl methyl sites for hydroxylation is 2. The largest absolute Gasteiger partial charge is 0.441 e. The lowest BCUT2D eigenvalue weighted by molar-refractivity contribution is 0.0715. The highest BCUT2D eigenvalue weighted by Crippen LogP contribution is 2.28. The molecule has 27 heavy (non-hydrogen) atoms. The molecule has 0 N–H and O–H groups in total. The van der Waals surface area contributed by atoms with E-state index in [0.29, 0.717) is 36.7 Å². The van der Waals surface area contributed by atoms with Gasteiger partial charge in [-0.15, -0.1) is 0 Å². The molecule has 0 aliphatic carbocycles. The molecule has 1 amide bonds. The third kappa shape index (κ3) is 3.22. The minimum atomic E-state index is -0.693. The van der Waals surface area contributed by atoms with Crippen molar-refractivity contribution in [3.05, 3.63) is 58.7 Å². The number of fused-ring (bicyclic) bond motifs is 1. The molecule has 0 saturated heterocycles. The molecule has 0 atom stereocenters. The molecule has 4 rings (SSSR count). The second kappa shape index (κ2) is 6.61. The minimum Gasteiger partial charge on any atom is -0.441 e. The molecule has 6 nitrogen and oxygen atoms in total. The lowest BCUT2D eigenvalue weighted by Gasteiger charge is -2.25. The zero-order valence-corrected chi connectivity index (χ0v) is 15.0. The molecule has 0 unspecified atom stereocenters. The first-order chi connectivity index (χ1) is 12.9. The van der Waals surface area contributed by atoms with Crippen molar-refractivity contribution in [2.45, 2.75) is 33.4 Å². The third-order valence-electron chi connectivity index (χ3n) is 4.55. The van der Waals surface area contributed by atoms with E-state index in [4.69, 9.17) is 4.42 Å². The highest BCUT2D eigenvalue weighted by Gasteiger charge is 2.28. The van der Waals surface area contributed by atoms with Gasteiger partial charge in [0.1, 0.15) is 28.8 Å². The van der Waals surface area contributed by atoms with Crippen LogP contribution in [0.1, 0.15) is 34.6 Å². The molecule has 1 aliphatic rings. The van der Waals surface area contributed by atoms with E-state index < -0.39 is 11.6 Å². The van der Waals surface area contributed by atoms with Crippen LogP contribution >= 0.6 is 0 Å². The van der Waals surface area contributed by atoms with Gasteiger partial charge in [-0.25, -0.2) is 13.8 Å². The Bertz CT molecular complexity index is 1000. The SMILES string of the molecule is CCn1nc(C)cc1C(=O)N1CCc2oc(-c3cc(F)cc(F)c3)nc2C1. The summed E-state index contributed by atoms with van der Waals surface area (Å²) < 4.78 is 34.3. The number of oxazole rings is 1. The van der Waals surface area contributed by atoms with Crippen LogP contribution in [0.15, 0.2) is 28.7 Å². The van der Waals surface area contributed by atoms with Crippen LogP contribution in [0.4, 0.5) is 8.78 Å². The predicted octanol–water partition coefficient (Wildman–Crippen LogP) is 3.34. The van der Waals surface area contributed by atoms with Gasteiger partial charge in [-0.05, 0) is 32.0 Å². The zero-order chi connectivity index (χ0) is 19.1. The molecule has 0 spiro atoms. The number of nitrogens with zero attached hydrogens (tertiary/aromatic N) is 4.